The van der Waals surface area contributed by atoms with Gasteiger partial charge in [-0.15, -0.1) is 0 Å². The van der Waals surface area contributed by atoms with E-state index in [4.69, 9.17) is 0 Å². The van der Waals surface area contributed by atoms with Crippen molar-refractivity contribution in [3.8, 4) is 0 Å². The summed E-state index contributed by atoms with van der Waals surface area (Å²) in [5.74, 6) is -2.54. The Balaban J connectivity index is 1.74. The predicted molar refractivity (Wildman–Crippen MR) is 95.0 cm³/mol. The molecule has 1 aromatic carbocycles. The summed E-state index contributed by atoms with van der Waals surface area (Å²) in [6.45, 7) is 4.42. The fourth-order valence-corrected chi connectivity index (χ4v) is 5.81. The third-order valence-corrected chi connectivity index (χ3v) is 7.02. The van der Waals surface area contributed by atoms with Crippen molar-refractivity contribution in [1.29, 1.82) is 0 Å². The van der Waals surface area contributed by atoms with Crippen molar-refractivity contribution in [3.05, 3.63) is 29.6 Å². The number of rotatable bonds is 2. The Kier molecular flexibility index (Phi) is 3.36. The van der Waals surface area contributed by atoms with Gasteiger partial charge in [-0.25, -0.2) is 4.39 Å². The summed E-state index contributed by atoms with van der Waals surface area (Å²) in [6.07, 6.45) is 2.29. The molecule has 142 valence electrons. The predicted octanol–water partition coefficient (Wildman–Crippen LogP) is 1.85. The van der Waals surface area contributed by atoms with E-state index in [9.17, 15) is 18.8 Å². The number of carbonyl (C=O) groups excluding carboxylic acids is 3. The van der Waals surface area contributed by atoms with Crippen LogP contribution in [0.5, 0.6) is 0 Å². The molecule has 1 N–H and O–H groups in total. The second kappa shape index (κ2) is 5.38. The summed E-state index contributed by atoms with van der Waals surface area (Å²) < 4.78 is 14.1. The second-order valence-electron chi connectivity index (χ2n) is 8.12. The van der Waals surface area contributed by atoms with Crippen LogP contribution >= 0.6 is 0 Å². The SMILES string of the molecule is CC[C@@H](C)N1C(=O)[C@H]2[C@@H](C1=O)[C@]1(C(=O)Nc3ccc(F)cc31)N1CCC[C@@H]21. The third-order valence-electron chi connectivity index (χ3n) is 7.02. The maximum absolute atomic E-state index is 14.1. The minimum atomic E-state index is -1.28. The summed E-state index contributed by atoms with van der Waals surface area (Å²) in [4.78, 5) is 43.3. The van der Waals surface area contributed by atoms with Gasteiger partial charge in [0, 0.05) is 23.3 Å². The number of benzene rings is 1. The first-order valence-electron chi connectivity index (χ1n) is 9.68. The molecule has 5 atom stereocenters. The number of nitrogens with one attached hydrogen (secondary N) is 1. The number of hydrogen-bond donors (Lipinski definition) is 1. The largest absolute Gasteiger partial charge is 0.324 e. The molecule has 4 aliphatic rings. The van der Waals surface area contributed by atoms with E-state index in [1.807, 2.05) is 18.7 Å². The molecule has 5 rings (SSSR count). The molecule has 3 saturated heterocycles. The lowest BCUT2D eigenvalue weighted by Gasteiger charge is -2.37. The highest BCUT2D eigenvalue weighted by molar-refractivity contribution is 6.15. The van der Waals surface area contributed by atoms with Crippen LogP contribution in [0.15, 0.2) is 18.2 Å². The van der Waals surface area contributed by atoms with Gasteiger partial charge < -0.3 is 5.32 Å². The number of fused-ring (bicyclic) bond motifs is 7. The second-order valence-corrected chi connectivity index (χ2v) is 8.12. The first-order chi connectivity index (χ1) is 12.9. The maximum atomic E-state index is 14.1. The topological polar surface area (TPSA) is 69.7 Å². The van der Waals surface area contributed by atoms with Crippen LogP contribution in [-0.4, -0.2) is 46.1 Å². The lowest BCUT2D eigenvalue weighted by atomic mass is 9.75. The molecule has 0 aromatic heterocycles. The molecule has 7 heteroatoms. The molecule has 4 aliphatic heterocycles. The Bertz CT molecular complexity index is 887. The van der Waals surface area contributed by atoms with Crippen molar-refractivity contribution < 1.29 is 18.8 Å². The number of carbonyl (C=O) groups is 3. The standard InChI is InChI=1S/C20H22FN3O3/c1-3-10(2)24-17(25)15-14-5-4-8-23(14)20(16(15)18(24)26)12-9-11(21)6-7-13(12)22-19(20)27/h6-7,9-10,14-16H,3-5,8H2,1-2H3,(H,22,27)/t10-,14+,15-,16+,20-/m1/s1. The van der Waals surface area contributed by atoms with Gasteiger partial charge in [0.25, 0.3) is 0 Å². The minimum absolute atomic E-state index is 0.152. The van der Waals surface area contributed by atoms with Crippen LogP contribution in [0.1, 0.15) is 38.7 Å². The van der Waals surface area contributed by atoms with E-state index in [-0.39, 0.29) is 29.8 Å². The number of nitrogens with zero attached hydrogens (tertiary/aromatic N) is 2. The Labute approximate surface area is 156 Å². The first kappa shape index (κ1) is 16.9. The van der Waals surface area contributed by atoms with E-state index in [1.54, 1.807) is 6.07 Å². The summed E-state index contributed by atoms with van der Waals surface area (Å²) >= 11 is 0. The molecule has 6 nitrogen and oxygen atoms in total. The molecule has 0 unspecified atom stereocenters. The zero-order valence-corrected chi connectivity index (χ0v) is 15.4. The number of anilines is 1. The molecular weight excluding hydrogens is 349 g/mol. The number of imide groups is 1. The smallest absolute Gasteiger partial charge is 0.250 e. The third kappa shape index (κ3) is 1.81. The van der Waals surface area contributed by atoms with Gasteiger partial charge in [0.15, 0.2) is 0 Å². The van der Waals surface area contributed by atoms with Crippen LogP contribution in [0.4, 0.5) is 10.1 Å². The first-order valence-corrected chi connectivity index (χ1v) is 9.68. The Morgan fingerprint density at radius 1 is 1.30 bits per heavy atom. The van der Waals surface area contributed by atoms with E-state index in [1.165, 1.54) is 17.0 Å². The fourth-order valence-electron chi connectivity index (χ4n) is 5.81. The van der Waals surface area contributed by atoms with Crippen LogP contribution in [0.2, 0.25) is 0 Å². The van der Waals surface area contributed by atoms with E-state index >= 15 is 0 Å². The van der Waals surface area contributed by atoms with Crippen molar-refractivity contribution in [2.75, 3.05) is 11.9 Å². The van der Waals surface area contributed by atoms with Gasteiger partial charge in [-0.2, -0.15) is 0 Å². The molecule has 1 aromatic rings. The van der Waals surface area contributed by atoms with E-state index < -0.39 is 23.2 Å². The van der Waals surface area contributed by atoms with Gasteiger partial charge >= 0.3 is 0 Å². The maximum Gasteiger partial charge on any atom is 0.250 e. The molecule has 0 aliphatic carbocycles. The highest BCUT2D eigenvalue weighted by Crippen LogP contribution is 2.60. The van der Waals surface area contributed by atoms with E-state index in [0.29, 0.717) is 24.2 Å². The normalized spacial score (nSPS) is 35.6. The summed E-state index contributed by atoms with van der Waals surface area (Å²) in [5.41, 5.74) is -0.243. The molecule has 0 saturated carbocycles. The number of likely N-dealkylation sites (tertiary alicyclic amines) is 1. The highest BCUT2D eigenvalue weighted by Gasteiger charge is 2.74. The average molecular weight is 371 g/mol. The van der Waals surface area contributed by atoms with Crippen molar-refractivity contribution in [1.82, 2.24) is 9.80 Å². The number of halogens is 1. The molecular formula is C20H22FN3O3. The molecule has 0 radical (unpaired) electrons. The number of hydrogen-bond acceptors (Lipinski definition) is 4. The Morgan fingerprint density at radius 2 is 2.07 bits per heavy atom. The van der Waals surface area contributed by atoms with Crippen molar-refractivity contribution >= 4 is 23.4 Å². The summed E-state index contributed by atoms with van der Waals surface area (Å²) in [6, 6.07) is 3.84. The van der Waals surface area contributed by atoms with Crippen LogP contribution < -0.4 is 5.32 Å². The van der Waals surface area contributed by atoms with Crippen LogP contribution in [0.3, 0.4) is 0 Å². The zero-order valence-electron chi connectivity index (χ0n) is 15.4. The summed E-state index contributed by atoms with van der Waals surface area (Å²) in [7, 11) is 0. The quantitative estimate of drug-likeness (QED) is 0.806. The van der Waals surface area contributed by atoms with E-state index in [0.717, 1.165) is 12.8 Å². The molecule has 4 heterocycles. The van der Waals surface area contributed by atoms with Crippen molar-refractivity contribution in [2.45, 2.75) is 50.7 Å². The monoisotopic (exact) mass is 371 g/mol. The van der Waals surface area contributed by atoms with Crippen molar-refractivity contribution in [2.24, 2.45) is 11.8 Å². The van der Waals surface area contributed by atoms with Gasteiger partial charge in [-0.05, 0) is 50.9 Å². The average Bonchev–Trinajstić information content (AvgIpc) is 3.33. The molecule has 3 amide bonds. The number of amides is 3. The lowest BCUT2D eigenvalue weighted by molar-refractivity contribution is -0.147. The molecule has 1 spiro atoms. The fraction of sp³-hybridized carbons (Fsp3) is 0.550. The van der Waals surface area contributed by atoms with Crippen LogP contribution in [-0.2, 0) is 19.9 Å². The molecule has 27 heavy (non-hydrogen) atoms. The minimum Gasteiger partial charge on any atom is -0.324 e. The van der Waals surface area contributed by atoms with Gasteiger partial charge in [-0.1, -0.05) is 6.92 Å². The van der Waals surface area contributed by atoms with Gasteiger partial charge in [0.2, 0.25) is 17.7 Å². The Morgan fingerprint density at radius 3 is 2.81 bits per heavy atom. The Hall–Kier alpha value is -2.28. The van der Waals surface area contributed by atoms with Crippen molar-refractivity contribution in [3.63, 3.8) is 0 Å². The zero-order chi connectivity index (χ0) is 19.1. The molecule has 0 bridgehead atoms. The molecule has 3 fully saturated rings. The van der Waals surface area contributed by atoms with Crippen LogP contribution in [0, 0.1) is 17.7 Å². The summed E-state index contributed by atoms with van der Waals surface area (Å²) in [5, 5.41) is 2.85. The van der Waals surface area contributed by atoms with Gasteiger partial charge in [-0.3, -0.25) is 24.2 Å². The van der Waals surface area contributed by atoms with Gasteiger partial charge in [0.1, 0.15) is 11.4 Å². The van der Waals surface area contributed by atoms with Crippen LogP contribution in [0.25, 0.3) is 0 Å². The van der Waals surface area contributed by atoms with Gasteiger partial charge in [0.05, 0.1) is 11.8 Å². The lowest BCUT2D eigenvalue weighted by Crippen LogP contribution is -2.54. The highest BCUT2D eigenvalue weighted by atomic mass is 19.1. The van der Waals surface area contributed by atoms with E-state index in [2.05, 4.69) is 5.32 Å².